The molecule has 0 radical (unpaired) electrons. The van der Waals surface area contributed by atoms with Crippen molar-refractivity contribution in [2.45, 2.75) is 36.5 Å². The maximum atomic E-state index is 14.5. The van der Waals surface area contributed by atoms with E-state index in [-0.39, 0.29) is 27.2 Å². The van der Waals surface area contributed by atoms with E-state index < -0.39 is 28.3 Å². The highest BCUT2D eigenvalue weighted by Gasteiger charge is 2.35. The number of ether oxygens (including phenoxy) is 1. The highest BCUT2D eigenvalue weighted by molar-refractivity contribution is 7.99. The Kier molecular flexibility index (Phi) is 10.2. The van der Waals surface area contributed by atoms with Gasteiger partial charge in [0.2, 0.25) is 0 Å². The standard InChI is InChI=1S/C38H28ClFN6O5S2/c1-3-44-34(24-11-8-12-26(39)19-24)42-43-38(44)52-29-18-17-28(46(49)50)20-25(29)21-30-35(47)45-33(23-13-15-27(40)16-14-23)31(36(48)51-4-2)32(41-37(45)53-30)22-9-6-5-7-10-22/h5-21,33H,3-4H2,1-2H3/b30-21+/t33-/m0/s1. The maximum Gasteiger partial charge on any atom is 0.338 e. The lowest BCUT2D eigenvalue weighted by Crippen LogP contribution is -2.40. The summed E-state index contributed by atoms with van der Waals surface area (Å²) in [4.78, 5) is 45.3. The molecule has 0 aliphatic carbocycles. The summed E-state index contributed by atoms with van der Waals surface area (Å²) in [5.74, 6) is -0.560. The number of non-ortho nitro benzene ring substituents is 1. The van der Waals surface area contributed by atoms with Crippen molar-refractivity contribution < 1.29 is 18.8 Å². The van der Waals surface area contributed by atoms with E-state index in [0.29, 0.717) is 49.8 Å². The molecule has 2 aromatic heterocycles. The number of nitro groups is 1. The number of halogens is 2. The van der Waals surface area contributed by atoms with Gasteiger partial charge in [-0.05, 0) is 73.1 Å². The molecular formula is C38H28ClFN6O5S2. The molecule has 0 fully saturated rings. The maximum absolute atomic E-state index is 14.5. The van der Waals surface area contributed by atoms with Gasteiger partial charge in [0.1, 0.15) is 5.82 Å². The first-order chi connectivity index (χ1) is 25.7. The van der Waals surface area contributed by atoms with Crippen LogP contribution in [0.15, 0.2) is 122 Å². The molecule has 1 atom stereocenters. The van der Waals surface area contributed by atoms with Crippen LogP contribution in [-0.4, -0.2) is 36.8 Å². The van der Waals surface area contributed by atoms with E-state index in [4.69, 9.17) is 21.3 Å². The van der Waals surface area contributed by atoms with Crippen molar-refractivity contribution in [2.75, 3.05) is 6.61 Å². The average Bonchev–Trinajstić information content (AvgIpc) is 3.71. The van der Waals surface area contributed by atoms with Crippen LogP contribution in [0, 0.1) is 15.9 Å². The van der Waals surface area contributed by atoms with E-state index >= 15 is 0 Å². The number of thiazole rings is 1. The van der Waals surface area contributed by atoms with Crippen molar-refractivity contribution in [1.82, 2.24) is 19.3 Å². The minimum absolute atomic E-state index is 0.0740. The number of carbonyl (C=O) groups is 1. The largest absolute Gasteiger partial charge is 0.463 e. The first-order valence-electron chi connectivity index (χ1n) is 16.4. The van der Waals surface area contributed by atoms with E-state index in [0.717, 1.165) is 16.9 Å². The number of nitro benzene ring substituents is 1. The van der Waals surface area contributed by atoms with Crippen LogP contribution in [0.4, 0.5) is 10.1 Å². The zero-order valence-electron chi connectivity index (χ0n) is 28.1. The third-order valence-corrected chi connectivity index (χ3v) is 10.7. The Bertz CT molecular complexity index is 2600. The molecule has 6 aromatic rings. The zero-order chi connectivity index (χ0) is 37.2. The first kappa shape index (κ1) is 35.7. The molecule has 15 heteroatoms. The summed E-state index contributed by atoms with van der Waals surface area (Å²) in [7, 11) is 0. The lowest BCUT2D eigenvalue weighted by atomic mass is 9.93. The monoisotopic (exact) mass is 766 g/mol. The number of carbonyl (C=O) groups excluding carboxylic acids is 1. The summed E-state index contributed by atoms with van der Waals surface area (Å²) in [5.41, 5.74) is 2.00. The van der Waals surface area contributed by atoms with Gasteiger partial charge in [-0.15, -0.1) is 10.2 Å². The molecule has 1 aliphatic heterocycles. The molecule has 7 rings (SSSR count). The summed E-state index contributed by atoms with van der Waals surface area (Å²) >= 11 is 8.55. The molecule has 0 saturated heterocycles. The van der Waals surface area contributed by atoms with Crippen LogP contribution < -0.4 is 14.9 Å². The molecule has 3 heterocycles. The second kappa shape index (κ2) is 15.1. The van der Waals surface area contributed by atoms with E-state index in [9.17, 15) is 24.1 Å². The first-order valence-corrected chi connectivity index (χ1v) is 18.4. The molecular weight excluding hydrogens is 739 g/mol. The summed E-state index contributed by atoms with van der Waals surface area (Å²) in [5, 5.41) is 21.8. The van der Waals surface area contributed by atoms with Crippen LogP contribution in [0.1, 0.15) is 36.6 Å². The quantitative estimate of drug-likeness (QED) is 0.0822. The van der Waals surface area contributed by atoms with Crippen molar-refractivity contribution in [1.29, 1.82) is 0 Å². The van der Waals surface area contributed by atoms with Crippen molar-refractivity contribution in [2.24, 2.45) is 4.99 Å². The second-order valence-electron chi connectivity index (χ2n) is 11.6. The predicted octanol–water partition coefficient (Wildman–Crippen LogP) is 7.07. The minimum Gasteiger partial charge on any atom is -0.463 e. The third-order valence-electron chi connectivity index (χ3n) is 8.37. The molecule has 0 amide bonds. The number of nitrogens with zero attached hydrogens (tertiary/aromatic N) is 6. The van der Waals surface area contributed by atoms with Gasteiger partial charge in [-0.25, -0.2) is 14.2 Å². The molecule has 0 unspecified atom stereocenters. The number of hydrogen-bond acceptors (Lipinski definition) is 10. The number of fused-ring (bicyclic) bond motifs is 1. The lowest BCUT2D eigenvalue weighted by molar-refractivity contribution is -0.384. The van der Waals surface area contributed by atoms with Gasteiger partial charge in [-0.1, -0.05) is 77.5 Å². The normalized spacial score (nSPS) is 14.2. The van der Waals surface area contributed by atoms with E-state index in [1.165, 1.54) is 52.7 Å². The average molecular weight is 767 g/mol. The van der Waals surface area contributed by atoms with Crippen LogP contribution in [0.2, 0.25) is 5.02 Å². The topological polar surface area (TPSA) is 135 Å². The molecule has 11 nitrogen and oxygen atoms in total. The Labute approximate surface area is 314 Å². The van der Waals surface area contributed by atoms with Crippen molar-refractivity contribution in [3.63, 3.8) is 0 Å². The summed E-state index contributed by atoms with van der Waals surface area (Å²) in [6.07, 6.45) is 1.57. The fourth-order valence-electron chi connectivity index (χ4n) is 5.99. The van der Waals surface area contributed by atoms with Gasteiger partial charge >= 0.3 is 5.97 Å². The van der Waals surface area contributed by atoms with Crippen LogP contribution >= 0.6 is 34.7 Å². The minimum atomic E-state index is -1.02. The Morgan fingerprint density at radius 2 is 1.77 bits per heavy atom. The number of hydrogen-bond donors (Lipinski definition) is 0. The lowest BCUT2D eigenvalue weighted by Gasteiger charge is -2.25. The van der Waals surface area contributed by atoms with Crippen LogP contribution in [0.5, 0.6) is 0 Å². The molecule has 0 spiro atoms. The number of benzene rings is 4. The molecule has 266 valence electrons. The number of aromatic nitrogens is 4. The number of rotatable bonds is 10. The smallest absolute Gasteiger partial charge is 0.338 e. The van der Waals surface area contributed by atoms with Crippen molar-refractivity contribution >= 4 is 58.1 Å². The van der Waals surface area contributed by atoms with Gasteiger partial charge in [0.05, 0.1) is 33.4 Å². The van der Waals surface area contributed by atoms with Crippen LogP contribution in [0.3, 0.4) is 0 Å². The predicted molar refractivity (Wildman–Crippen MR) is 201 cm³/mol. The van der Waals surface area contributed by atoms with Crippen LogP contribution in [0.25, 0.3) is 23.2 Å². The van der Waals surface area contributed by atoms with E-state index in [1.807, 2.05) is 41.8 Å². The molecule has 4 aromatic carbocycles. The van der Waals surface area contributed by atoms with Gasteiger partial charge < -0.3 is 9.30 Å². The third kappa shape index (κ3) is 7.08. The summed E-state index contributed by atoms with van der Waals surface area (Å²) in [6.45, 7) is 4.22. The zero-order valence-corrected chi connectivity index (χ0v) is 30.5. The number of esters is 1. The Morgan fingerprint density at radius 3 is 2.47 bits per heavy atom. The van der Waals surface area contributed by atoms with Gasteiger partial charge in [0.25, 0.3) is 11.2 Å². The highest BCUT2D eigenvalue weighted by atomic mass is 35.5. The van der Waals surface area contributed by atoms with Gasteiger partial charge in [-0.3, -0.25) is 19.5 Å². The van der Waals surface area contributed by atoms with Gasteiger partial charge in [-0.2, -0.15) is 0 Å². The molecule has 0 bridgehead atoms. The Morgan fingerprint density at radius 1 is 1.02 bits per heavy atom. The molecule has 0 N–H and O–H groups in total. The van der Waals surface area contributed by atoms with Crippen LogP contribution in [-0.2, 0) is 16.1 Å². The van der Waals surface area contributed by atoms with E-state index in [2.05, 4.69) is 10.2 Å². The molecule has 0 saturated carbocycles. The summed E-state index contributed by atoms with van der Waals surface area (Å²) < 4.78 is 23.2. The van der Waals surface area contributed by atoms with Crippen molar-refractivity contribution in [3.05, 3.63) is 160 Å². The molecule has 1 aliphatic rings. The van der Waals surface area contributed by atoms with Gasteiger partial charge in [0.15, 0.2) is 15.8 Å². The molecule has 53 heavy (non-hydrogen) atoms. The second-order valence-corrected chi connectivity index (χ2v) is 14.1. The van der Waals surface area contributed by atoms with Gasteiger partial charge in [0, 0.05) is 39.7 Å². The van der Waals surface area contributed by atoms with Crippen molar-refractivity contribution in [3.8, 4) is 11.4 Å². The SMILES string of the molecule is CCOC(=O)C1=C(c2ccccc2)N=c2s/c(=C/c3cc([N+](=O)[O-])ccc3Sc3nnc(-c4cccc(Cl)c4)n3CC)c(=O)n2[C@H]1c1ccc(F)cc1. The Hall–Kier alpha value is -5.70. The fraction of sp³-hybridized carbons (Fsp3) is 0.132. The Balaban J connectivity index is 1.42. The van der Waals surface area contributed by atoms with E-state index in [1.54, 1.807) is 43.3 Å². The fourth-order valence-corrected chi connectivity index (χ4v) is 8.14. The summed E-state index contributed by atoms with van der Waals surface area (Å²) in [6, 6.07) is 25.2. The highest BCUT2D eigenvalue weighted by Crippen LogP contribution is 2.36.